The van der Waals surface area contributed by atoms with Gasteiger partial charge in [0.1, 0.15) is 10.8 Å². The van der Waals surface area contributed by atoms with E-state index in [-0.39, 0.29) is 18.3 Å². The lowest BCUT2D eigenvalue weighted by Gasteiger charge is -2.06. The van der Waals surface area contributed by atoms with Gasteiger partial charge in [0.25, 0.3) is 5.91 Å². The standard InChI is InChI=1S/C20H17NO4S/c1-2-25-20(24)16-12-17(13-6-4-3-5-7-13)26-19(16)21-18(23)14-8-10-15(22)11-9-14/h3-12,22H,2H2,1H3,(H,21,23). The summed E-state index contributed by atoms with van der Waals surface area (Å²) in [7, 11) is 0. The highest BCUT2D eigenvalue weighted by molar-refractivity contribution is 7.20. The lowest BCUT2D eigenvalue weighted by molar-refractivity contribution is 0.0528. The van der Waals surface area contributed by atoms with Crippen LogP contribution in [0.4, 0.5) is 5.00 Å². The Balaban J connectivity index is 1.93. The minimum absolute atomic E-state index is 0.0799. The van der Waals surface area contributed by atoms with Crippen LogP contribution in [0.25, 0.3) is 10.4 Å². The molecule has 0 saturated carbocycles. The summed E-state index contributed by atoms with van der Waals surface area (Å²) >= 11 is 1.31. The fraction of sp³-hybridized carbons (Fsp3) is 0.100. The molecule has 6 heteroatoms. The number of hydrogen-bond donors (Lipinski definition) is 2. The third-order valence-corrected chi connectivity index (χ3v) is 4.74. The second-order valence-corrected chi connectivity index (χ2v) is 6.49. The van der Waals surface area contributed by atoms with Crippen LogP contribution in [-0.4, -0.2) is 23.6 Å². The van der Waals surface area contributed by atoms with Gasteiger partial charge in [0, 0.05) is 10.4 Å². The van der Waals surface area contributed by atoms with Crippen LogP contribution >= 0.6 is 11.3 Å². The number of amides is 1. The number of anilines is 1. The minimum Gasteiger partial charge on any atom is -0.508 e. The molecule has 2 aromatic carbocycles. The average molecular weight is 367 g/mol. The number of thiophene rings is 1. The Morgan fingerprint density at radius 3 is 2.42 bits per heavy atom. The summed E-state index contributed by atoms with van der Waals surface area (Å²) in [5.74, 6) is -0.764. The van der Waals surface area contributed by atoms with Crippen molar-refractivity contribution in [1.82, 2.24) is 0 Å². The molecule has 0 aliphatic rings. The molecule has 3 aromatic rings. The maximum atomic E-state index is 12.5. The molecule has 26 heavy (non-hydrogen) atoms. The normalized spacial score (nSPS) is 10.3. The smallest absolute Gasteiger partial charge is 0.341 e. The number of carbonyl (C=O) groups is 2. The Bertz CT molecular complexity index is 917. The molecular weight excluding hydrogens is 350 g/mol. The zero-order chi connectivity index (χ0) is 18.5. The maximum Gasteiger partial charge on any atom is 0.341 e. The first-order valence-corrected chi connectivity index (χ1v) is 8.87. The van der Waals surface area contributed by atoms with Crippen molar-refractivity contribution in [2.24, 2.45) is 0 Å². The monoisotopic (exact) mass is 367 g/mol. The van der Waals surface area contributed by atoms with E-state index in [0.717, 1.165) is 10.4 Å². The molecule has 0 bridgehead atoms. The van der Waals surface area contributed by atoms with Gasteiger partial charge in [0.2, 0.25) is 0 Å². The Hall–Kier alpha value is -3.12. The Morgan fingerprint density at radius 1 is 1.08 bits per heavy atom. The number of rotatable bonds is 5. The molecule has 0 aliphatic heterocycles. The average Bonchev–Trinajstić information content (AvgIpc) is 3.07. The highest BCUT2D eigenvalue weighted by Gasteiger charge is 2.20. The highest BCUT2D eigenvalue weighted by atomic mass is 32.1. The fourth-order valence-electron chi connectivity index (χ4n) is 2.38. The number of benzene rings is 2. The van der Waals surface area contributed by atoms with E-state index >= 15 is 0 Å². The van der Waals surface area contributed by atoms with E-state index in [4.69, 9.17) is 4.74 Å². The summed E-state index contributed by atoms with van der Waals surface area (Å²) in [5, 5.41) is 12.5. The molecule has 2 N–H and O–H groups in total. The van der Waals surface area contributed by atoms with Crippen LogP contribution < -0.4 is 5.32 Å². The van der Waals surface area contributed by atoms with E-state index in [1.54, 1.807) is 13.0 Å². The van der Waals surface area contributed by atoms with Crippen molar-refractivity contribution in [3.63, 3.8) is 0 Å². The molecule has 0 radical (unpaired) electrons. The second kappa shape index (κ2) is 7.84. The van der Waals surface area contributed by atoms with Crippen LogP contribution in [0.3, 0.4) is 0 Å². The molecule has 0 unspecified atom stereocenters. The first kappa shape index (κ1) is 17.7. The number of ether oxygens (including phenoxy) is 1. The van der Waals surface area contributed by atoms with Gasteiger partial charge < -0.3 is 15.2 Å². The van der Waals surface area contributed by atoms with E-state index in [2.05, 4.69) is 5.32 Å². The van der Waals surface area contributed by atoms with Crippen LogP contribution in [0.5, 0.6) is 5.75 Å². The van der Waals surface area contributed by atoms with Crippen molar-refractivity contribution in [3.05, 3.63) is 71.8 Å². The molecular formula is C20H17NO4S. The number of phenols is 1. The van der Waals surface area contributed by atoms with Crippen LogP contribution in [0.1, 0.15) is 27.6 Å². The molecule has 1 aromatic heterocycles. The number of aromatic hydroxyl groups is 1. The molecule has 5 nitrogen and oxygen atoms in total. The number of carbonyl (C=O) groups excluding carboxylic acids is 2. The maximum absolute atomic E-state index is 12.5. The molecule has 3 rings (SSSR count). The molecule has 1 amide bonds. The van der Waals surface area contributed by atoms with Crippen molar-refractivity contribution >= 4 is 28.2 Å². The summed E-state index contributed by atoms with van der Waals surface area (Å²) < 4.78 is 5.10. The third-order valence-electron chi connectivity index (χ3n) is 3.64. The Morgan fingerprint density at radius 2 is 1.77 bits per heavy atom. The molecule has 1 heterocycles. The van der Waals surface area contributed by atoms with Crippen molar-refractivity contribution in [2.75, 3.05) is 11.9 Å². The number of hydrogen-bond acceptors (Lipinski definition) is 5. The molecule has 0 saturated heterocycles. The minimum atomic E-state index is -0.480. The predicted molar refractivity (Wildman–Crippen MR) is 102 cm³/mol. The molecule has 0 spiro atoms. The number of phenolic OH excluding ortho intramolecular Hbond substituents is 1. The van der Waals surface area contributed by atoms with Crippen molar-refractivity contribution < 1.29 is 19.4 Å². The molecule has 0 fully saturated rings. The van der Waals surface area contributed by atoms with Gasteiger partial charge in [-0.25, -0.2) is 4.79 Å². The Labute approximate surface area is 154 Å². The summed E-state index contributed by atoms with van der Waals surface area (Å²) in [6, 6.07) is 17.2. The van der Waals surface area contributed by atoms with Gasteiger partial charge in [-0.1, -0.05) is 30.3 Å². The summed E-state index contributed by atoms with van der Waals surface area (Å²) in [5.41, 5.74) is 1.66. The van der Waals surface area contributed by atoms with E-state index in [1.165, 1.54) is 35.6 Å². The number of esters is 1. The Kier molecular flexibility index (Phi) is 5.34. The molecule has 132 valence electrons. The van der Waals surface area contributed by atoms with Crippen LogP contribution in [-0.2, 0) is 4.74 Å². The van der Waals surface area contributed by atoms with E-state index < -0.39 is 5.97 Å². The second-order valence-electron chi connectivity index (χ2n) is 5.44. The van der Waals surface area contributed by atoms with Gasteiger partial charge in [0.05, 0.1) is 12.2 Å². The van der Waals surface area contributed by atoms with Crippen LogP contribution in [0, 0.1) is 0 Å². The summed E-state index contributed by atoms with van der Waals surface area (Å²) in [4.78, 5) is 25.6. The molecule has 0 aliphatic carbocycles. The highest BCUT2D eigenvalue weighted by Crippen LogP contribution is 2.36. The van der Waals surface area contributed by atoms with Gasteiger partial charge in [-0.05, 0) is 42.8 Å². The van der Waals surface area contributed by atoms with Crippen molar-refractivity contribution in [1.29, 1.82) is 0 Å². The fourth-order valence-corrected chi connectivity index (χ4v) is 3.42. The van der Waals surface area contributed by atoms with Gasteiger partial charge in [-0.2, -0.15) is 0 Å². The quantitative estimate of drug-likeness (QED) is 0.649. The van der Waals surface area contributed by atoms with Crippen molar-refractivity contribution in [3.8, 4) is 16.2 Å². The first-order chi connectivity index (χ1) is 12.6. The first-order valence-electron chi connectivity index (χ1n) is 8.05. The van der Waals surface area contributed by atoms with Crippen LogP contribution in [0.15, 0.2) is 60.7 Å². The zero-order valence-corrected chi connectivity index (χ0v) is 14.9. The molecule has 0 atom stereocenters. The SMILES string of the molecule is CCOC(=O)c1cc(-c2ccccc2)sc1NC(=O)c1ccc(O)cc1. The lowest BCUT2D eigenvalue weighted by Crippen LogP contribution is -2.14. The topological polar surface area (TPSA) is 75.6 Å². The summed E-state index contributed by atoms with van der Waals surface area (Å²) in [6.45, 7) is 1.98. The van der Waals surface area contributed by atoms with E-state index in [0.29, 0.717) is 16.1 Å². The largest absolute Gasteiger partial charge is 0.508 e. The van der Waals surface area contributed by atoms with Gasteiger partial charge in [-0.3, -0.25) is 4.79 Å². The predicted octanol–water partition coefficient (Wildman–Crippen LogP) is 4.55. The van der Waals surface area contributed by atoms with Gasteiger partial charge in [0.15, 0.2) is 0 Å². The van der Waals surface area contributed by atoms with Gasteiger partial charge in [-0.15, -0.1) is 11.3 Å². The zero-order valence-electron chi connectivity index (χ0n) is 14.1. The van der Waals surface area contributed by atoms with E-state index in [1.807, 2.05) is 30.3 Å². The van der Waals surface area contributed by atoms with Crippen molar-refractivity contribution in [2.45, 2.75) is 6.92 Å². The number of nitrogens with one attached hydrogen (secondary N) is 1. The van der Waals surface area contributed by atoms with Gasteiger partial charge >= 0.3 is 5.97 Å². The lowest BCUT2D eigenvalue weighted by atomic mass is 10.1. The van der Waals surface area contributed by atoms with E-state index in [9.17, 15) is 14.7 Å². The third kappa shape index (κ3) is 3.92. The van der Waals surface area contributed by atoms with Crippen LogP contribution in [0.2, 0.25) is 0 Å². The summed E-state index contributed by atoms with van der Waals surface area (Å²) in [6.07, 6.45) is 0.